The van der Waals surface area contributed by atoms with Gasteiger partial charge in [0.1, 0.15) is 0 Å². The highest BCUT2D eigenvalue weighted by atomic mass is 16.3. The normalized spacial score (nSPS) is 16.3. The highest BCUT2D eigenvalue weighted by molar-refractivity contribution is 5.03. The van der Waals surface area contributed by atoms with E-state index in [-0.39, 0.29) is 6.61 Å². The molecule has 62 valence electrons. The fraction of sp³-hybridized carbons (Fsp3) is 0.571. The van der Waals surface area contributed by atoms with E-state index in [1.165, 1.54) is 0 Å². The number of aliphatic hydroxyl groups is 1. The zero-order valence-electron chi connectivity index (χ0n) is 6.54. The molecule has 1 heterocycles. The average molecular weight is 155 g/mol. The van der Waals surface area contributed by atoms with Crippen molar-refractivity contribution in [3.05, 3.63) is 18.0 Å². The van der Waals surface area contributed by atoms with Crippen LogP contribution in [0, 0.1) is 0 Å². The minimum atomic E-state index is -0.549. The lowest BCUT2D eigenvalue weighted by atomic mass is 9.99. The third-order valence-electron chi connectivity index (χ3n) is 1.51. The Balaban J connectivity index is 2.56. The second kappa shape index (κ2) is 3.02. The van der Waals surface area contributed by atoms with Gasteiger partial charge in [-0.2, -0.15) is 5.10 Å². The summed E-state index contributed by atoms with van der Waals surface area (Å²) in [6.07, 6.45) is 2.28. The van der Waals surface area contributed by atoms with Crippen molar-refractivity contribution in [1.29, 1.82) is 0 Å². The van der Waals surface area contributed by atoms with Crippen LogP contribution in [0.5, 0.6) is 0 Å². The van der Waals surface area contributed by atoms with Crippen LogP contribution in [0.15, 0.2) is 12.3 Å². The molecular weight excluding hydrogens is 142 g/mol. The summed E-state index contributed by atoms with van der Waals surface area (Å²) in [6, 6.07) is 1.85. The molecule has 1 atom stereocenters. The molecule has 4 nitrogen and oxygen atoms in total. The van der Waals surface area contributed by atoms with E-state index in [4.69, 9.17) is 10.8 Å². The topological polar surface area (TPSA) is 74.9 Å². The van der Waals surface area contributed by atoms with E-state index in [9.17, 15) is 0 Å². The standard InChI is InChI=1S/C7H13N3O/c1-7(8,5-11)4-6-2-3-9-10-6/h2-3,11H,4-5,8H2,1H3,(H,9,10). The molecule has 11 heavy (non-hydrogen) atoms. The van der Waals surface area contributed by atoms with Gasteiger partial charge in [0.15, 0.2) is 0 Å². The Labute approximate surface area is 65.4 Å². The molecule has 0 amide bonds. The lowest BCUT2D eigenvalue weighted by Crippen LogP contribution is -2.42. The number of rotatable bonds is 3. The Morgan fingerprint density at radius 2 is 2.55 bits per heavy atom. The number of aliphatic hydroxyl groups excluding tert-OH is 1. The third kappa shape index (κ3) is 2.32. The van der Waals surface area contributed by atoms with Crippen LogP contribution in [0.4, 0.5) is 0 Å². The molecule has 1 rings (SSSR count). The Kier molecular flexibility index (Phi) is 2.26. The minimum absolute atomic E-state index is 0.0218. The van der Waals surface area contributed by atoms with Crippen LogP contribution in [0.2, 0.25) is 0 Å². The van der Waals surface area contributed by atoms with Crippen molar-refractivity contribution < 1.29 is 5.11 Å². The number of hydrogen-bond acceptors (Lipinski definition) is 3. The van der Waals surface area contributed by atoms with Crippen molar-refractivity contribution >= 4 is 0 Å². The van der Waals surface area contributed by atoms with Crippen molar-refractivity contribution in [2.45, 2.75) is 18.9 Å². The highest BCUT2D eigenvalue weighted by Crippen LogP contribution is 2.06. The van der Waals surface area contributed by atoms with Gasteiger partial charge in [0.2, 0.25) is 0 Å². The zero-order chi connectivity index (χ0) is 8.32. The van der Waals surface area contributed by atoms with Gasteiger partial charge in [-0.3, -0.25) is 5.10 Å². The van der Waals surface area contributed by atoms with Crippen LogP contribution in [-0.2, 0) is 6.42 Å². The first-order chi connectivity index (χ1) is 5.14. The number of nitrogens with zero attached hydrogens (tertiary/aromatic N) is 1. The van der Waals surface area contributed by atoms with Gasteiger partial charge in [-0.05, 0) is 13.0 Å². The van der Waals surface area contributed by atoms with Crippen LogP contribution in [0.1, 0.15) is 12.6 Å². The van der Waals surface area contributed by atoms with Crippen molar-refractivity contribution in [2.75, 3.05) is 6.61 Å². The quantitative estimate of drug-likeness (QED) is 0.559. The van der Waals surface area contributed by atoms with Gasteiger partial charge in [0.25, 0.3) is 0 Å². The summed E-state index contributed by atoms with van der Waals surface area (Å²) < 4.78 is 0. The average Bonchev–Trinajstić information content (AvgIpc) is 2.39. The Morgan fingerprint density at radius 3 is 3.00 bits per heavy atom. The molecule has 0 bridgehead atoms. The Hall–Kier alpha value is -0.870. The lowest BCUT2D eigenvalue weighted by Gasteiger charge is -2.19. The summed E-state index contributed by atoms with van der Waals surface area (Å²) in [5.41, 5.74) is 6.11. The first-order valence-corrected chi connectivity index (χ1v) is 3.52. The second-order valence-electron chi connectivity index (χ2n) is 3.07. The van der Waals surface area contributed by atoms with Crippen LogP contribution in [0.3, 0.4) is 0 Å². The molecule has 1 aromatic heterocycles. The molecule has 0 radical (unpaired) electrons. The van der Waals surface area contributed by atoms with E-state index in [1.807, 2.05) is 6.07 Å². The van der Waals surface area contributed by atoms with Crippen LogP contribution in [-0.4, -0.2) is 27.4 Å². The molecule has 0 fully saturated rings. The summed E-state index contributed by atoms with van der Waals surface area (Å²) in [5.74, 6) is 0. The van der Waals surface area contributed by atoms with Gasteiger partial charge in [0, 0.05) is 23.9 Å². The monoisotopic (exact) mass is 155 g/mol. The lowest BCUT2D eigenvalue weighted by molar-refractivity contribution is 0.207. The van der Waals surface area contributed by atoms with Crippen molar-refractivity contribution in [2.24, 2.45) is 5.73 Å². The summed E-state index contributed by atoms with van der Waals surface area (Å²) in [4.78, 5) is 0. The third-order valence-corrected chi connectivity index (χ3v) is 1.51. The van der Waals surface area contributed by atoms with Gasteiger partial charge in [0.05, 0.1) is 6.61 Å². The SMILES string of the molecule is CC(N)(CO)Cc1ccn[nH]1. The minimum Gasteiger partial charge on any atom is -0.394 e. The van der Waals surface area contributed by atoms with Crippen molar-refractivity contribution in [3.63, 3.8) is 0 Å². The molecule has 0 spiro atoms. The van der Waals surface area contributed by atoms with Crippen LogP contribution in [0.25, 0.3) is 0 Å². The second-order valence-corrected chi connectivity index (χ2v) is 3.07. The Morgan fingerprint density at radius 1 is 1.82 bits per heavy atom. The number of aromatic nitrogens is 2. The molecule has 0 aliphatic heterocycles. The highest BCUT2D eigenvalue weighted by Gasteiger charge is 2.17. The van der Waals surface area contributed by atoms with E-state index < -0.39 is 5.54 Å². The Bertz CT molecular complexity index is 205. The maximum absolute atomic E-state index is 8.83. The van der Waals surface area contributed by atoms with Crippen molar-refractivity contribution in [3.8, 4) is 0 Å². The maximum Gasteiger partial charge on any atom is 0.0612 e. The predicted molar refractivity (Wildman–Crippen MR) is 42.0 cm³/mol. The number of H-pyrrole nitrogens is 1. The molecule has 1 aromatic rings. The van der Waals surface area contributed by atoms with Crippen LogP contribution >= 0.6 is 0 Å². The molecule has 0 saturated heterocycles. The fourth-order valence-corrected chi connectivity index (χ4v) is 0.874. The maximum atomic E-state index is 8.83. The summed E-state index contributed by atoms with van der Waals surface area (Å²) >= 11 is 0. The van der Waals surface area contributed by atoms with Gasteiger partial charge in [-0.1, -0.05) is 0 Å². The number of nitrogens with one attached hydrogen (secondary N) is 1. The molecule has 1 unspecified atom stereocenters. The molecule has 0 aliphatic carbocycles. The van der Waals surface area contributed by atoms with Gasteiger partial charge < -0.3 is 10.8 Å². The van der Waals surface area contributed by atoms with Crippen LogP contribution < -0.4 is 5.73 Å². The first kappa shape index (κ1) is 8.23. The van der Waals surface area contributed by atoms with Crippen molar-refractivity contribution in [1.82, 2.24) is 10.2 Å². The van der Waals surface area contributed by atoms with E-state index in [0.717, 1.165) is 5.69 Å². The molecule has 4 heteroatoms. The summed E-state index contributed by atoms with van der Waals surface area (Å²) in [6.45, 7) is 1.78. The molecule has 0 aromatic carbocycles. The number of nitrogens with two attached hydrogens (primary N) is 1. The number of aromatic amines is 1. The van der Waals surface area contributed by atoms with E-state index in [0.29, 0.717) is 6.42 Å². The van der Waals surface area contributed by atoms with E-state index in [2.05, 4.69) is 10.2 Å². The van der Waals surface area contributed by atoms with Gasteiger partial charge in [-0.15, -0.1) is 0 Å². The molecule has 4 N–H and O–H groups in total. The summed E-state index contributed by atoms with van der Waals surface area (Å²) in [7, 11) is 0. The largest absolute Gasteiger partial charge is 0.394 e. The first-order valence-electron chi connectivity index (χ1n) is 3.52. The summed E-state index contributed by atoms with van der Waals surface area (Å²) in [5, 5.41) is 15.4. The number of hydrogen-bond donors (Lipinski definition) is 3. The zero-order valence-corrected chi connectivity index (χ0v) is 6.54. The molecule has 0 aliphatic rings. The molecule has 0 saturated carbocycles. The fourth-order valence-electron chi connectivity index (χ4n) is 0.874. The van der Waals surface area contributed by atoms with E-state index >= 15 is 0 Å². The van der Waals surface area contributed by atoms with Gasteiger partial charge >= 0.3 is 0 Å². The van der Waals surface area contributed by atoms with Gasteiger partial charge in [-0.25, -0.2) is 0 Å². The smallest absolute Gasteiger partial charge is 0.0612 e. The molecular formula is C7H13N3O. The van der Waals surface area contributed by atoms with E-state index in [1.54, 1.807) is 13.1 Å². The predicted octanol–water partition coefficient (Wildman–Crippen LogP) is -0.338.